The zero-order valence-electron chi connectivity index (χ0n) is 9.38. The summed E-state index contributed by atoms with van der Waals surface area (Å²) >= 11 is 0. The van der Waals surface area contributed by atoms with Crippen molar-refractivity contribution in [3.8, 4) is 0 Å². The van der Waals surface area contributed by atoms with Crippen LogP contribution in [0, 0.1) is 0 Å². The normalized spacial score (nSPS) is 7.78. The van der Waals surface area contributed by atoms with Gasteiger partial charge in [0.1, 0.15) is 0 Å². The van der Waals surface area contributed by atoms with E-state index in [4.69, 9.17) is 19.8 Å². The first kappa shape index (κ1) is 15.2. The molecule has 0 unspecified atom stereocenters. The first-order valence-electron chi connectivity index (χ1n) is 4.80. The van der Waals surface area contributed by atoms with E-state index in [1.54, 1.807) is 24.8 Å². The highest BCUT2D eigenvalue weighted by atomic mass is 16.4. The van der Waals surface area contributed by atoms with E-state index >= 15 is 0 Å². The molecule has 2 N–H and O–H groups in total. The maximum atomic E-state index is 9.10. The maximum Gasteiger partial charge on any atom is 0.414 e. The van der Waals surface area contributed by atoms with Crippen molar-refractivity contribution in [1.29, 1.82) is 0 Å². The van der Waals surface area contributed by atoms with Crippen LogP contribution in [0.2, 0.25) is 0 Å². The Kier molecular flexibility index (Phi) is 9.10. The number of rotatable bonds is 0. The summed E-state index contributed by atoms with van der Waals surface area (Å²) in [7, 11) is 0. The molecule has 0 saturated carbocycles. The molecule has 0 aromatic carbocycles. The quantitative estimate of drug-likeness (QED) is 0.682. The van der Waals surface area contributed by atoms with E-state index in [0.717, 1.165) is 0 Å². The van der Waals surface area contributed by atoms with E-state index in [9.17, 15) is 0 Å². The van der Waals surface area contributed by atoms with Crippen molar-refractivity contribution in [3.05, 3.63) is 61.2 Å². The number of carboxylic acids is 2. The molecule has 0 spiro atoms. The van der Waals surface area contributed by atoms with Crippen molar-refractivity contribution in [1.82, 2.24) is 9.97 Å². The van der Waals surface area contributed by atoms with Crippen molar-refractivity contribution in [2.75, 3.05) is 0 Å². The van der Waals surface area contributed by atoms with Crippen molar-refractivity contribution in [3.63, 3.8) is 0 Å². The van der Waals surface area contributed by atoms with E-state index in [2.05, 4.69) is 9.97 Å². The molecular weight excluding hydrogens is 236 g/mol. The Labute approximate surface area is 104 Å². The van der Waals surface area contributed by atoms with Crippen LogP contribution < -0.4 is 0 Å². The predicted molar refractivity (Wildman–Crippen MR) is 63.7 cm³/mol. The van der Waals surface area contributed by atoms with Gasteiger partial charge in [0.15, 0.2) is 0 Å². The summed E-state index contributed by atoms with van der Waals surface area (Å²) in [5.41, 5.74) is 0. The molecule has 0 radical (unpaired) electrons. The van der Waals surface area contributed by atoms with Gasteiger partial charge in [0.2, 0.25) is 0 Å². The Morgan fingerprint density at radius 1 is 0.611 bits per heavy atom. The number of pyridine rings is 2. The number of hydrogen-bond acceptors (Lipinski definition) is 4. The summed E-state index contributed by atoms with van der Waals surface area (Å²) in [5.74, 6) is -3.65. The third kappa shape index (κ3) is 11.3. The lowest BCUT2D eigenvalue weighted by atomic mass is 10.5. The molecule has 0 aliphatic heterocycles. The minimum Gasteiger partial charge on any atom is -0.473 e. The minimum absolute atomic E-state index is 1.75. The molecule has 0 aliphatic carbocycles. The molecule has 0 aliphatic rings. The van der Waals surface area contributed by atoms with E-state index in [1.165, 1.54) is 0 Å². The molecule has 2 aromatic rings. The maximum absolute atomic E-state index is 9.10. The highest BCUT2D eigenvalue weighted by Gasteiger charge is 2.04. The molecule has 6 heteroatoms. The molecule has 2 aromatic heterocycles. The van der Waals surface area contributed by atoms with Gasteiger partial charge in [-0.3, -0.25) is 9.97 Å². The number of aliphatic carboxylic acids is 2. The van der Waals surface area contributed by atoms with E-state index < -0.39 is 11.9 Å². The average molecular weight is 248 g/mol. The van der Waals surface area contributed by atoms with Crippen LogP contribution in [0.5, 0.6) is 0 Å². The molecule has 2 rings (SSSR count). The Morgan fingerprint density at radius 2 is 0.889 bits per heavy atom. The molecule has 0 bridgehead atoms. The van der Waals surface area contributed by atoms with Gasteiger partial charge in [-0.05, 0) is 24.3 Å². The van der Waals surface area contributed by atoms with Crippen LogP contribution >= 0.6 is 0 Å². The first-order valence-corrected chi connectivity index (χ1v) is 4.80. The summed E-state index contributed by atoms with van der Waals surface area (Å²) < 4.78 is 0. The molecule has 0 saturated heterocycles. The van der Waals surface area contributed by atoms with E-state index in [0.29, 0.717) is 0 Å². The number of nitrogens with zero attached hydrogens (tertiary/aromatic N) is 2. The minimum atomic E-state index is -1.82. The molecule has 0 atom stereocenters. The third-order valence-electron chi connectivity index (χ3n) is 1.32. The van der Waals surface area contributed by atoms with E-state index in [-0.39, 0.29) is 0 Å². The number of aromatic nitrogens is 2. The van der Waals surface area contributed by atoms with Crippen molar-refractivity contribution >= 4 is 11.9 Å². The molecule has 0 fully saturated rings. The van der Waals surface area contributed by atoms with Gasteiger partial charge in [-0.1, -0.05) is 12.1 Å². The van der Waals surface area contributed by atoms with Gasteiger partial charge in [0, 0.05) is 24.8 Å². The summed E-state index contributed by atoms with van der Waals surface area (Å²) in [5, 5.41) is 14.8. The molecule has 0 amide bonds. The fourth-order valence-electron chi connectivity index (χ4n) is 0.625. The van der Waals surface area contributed by atoms with Crippen LogP contribution in [0.4, 0.5) is 0 Å². The molecule has 6 nitrogen and oxygen atoms in total. The lowest BCUT2D eigenvalue weighted by Gasteiger charge is -1.72. The molecule has 94 valence electrons. The first-order chi connectivity index (χ1) is 8.64. The summed E-state index contributed by atoms with van der Waals surface area (Å²) in [6.45, 7) is 0. The van der Waals surface area contributed by atoms with Crippen LogP contribution in [-0.4, -0.2) is 32.1 Å². The highest BCUT2D eigenvalue weighted by molar-refractivity contribution is 6.27. The SMILES string of the molecule is O=C(O)C(=O)O.c1ccncc1.c1ccncc1. The van der Waals surface area contributed by atoms with Crippen LogP contribution in [0.3, 0.4) is 0 Å². The van der Waals surface area contributed by atoms with Crippen LogP contribution in [-0.2, 0) is 9.59 Å². The zero-order chi connectivity index (χ0) is 13.6. The number of carbonyl (C=O) groups is 2. The second-order valence-corrected chi connectivity index (χ2v) is 2.66. The second kappa shape index (κ2) is 10.7. The number of carboxylic acid groups (broad SMARTS) is 2. The Balaban J connectivity index is 0.000000241. The second-order valence-electron chi connectivity index (χ2n) is 2.66. The predicted octanol–water partition coefficient (Wildman–Crippen LogP) is 1.32. The molecule has 2 heterocycles. The highest BCUT2D eigenvalue weighted by Crippen LogP contribution is 1.74. The smallest absolute Gasteiger partial charge is 0.414 e. The fraction of sp³-hybridized carbons (Fsp3) is 0. The topological polar surface area (TPSA) is 100 Å². The van der Waals surface area contributed by atoms with Crippen LogP contribution in [0.15, 0.2) is 61.2 Å². The van der Waals surface area contributed by atoms with Crippen LogP contribution in [0.1, 0.15) is 0 Å². The van der Waals surface area contributed by atoms with E-state index in [1.807, 2.05) is 36.4 Å². The average Bonchev–Trinajstić information content (AvgIpc) is 2.44. The van der Waals surface area contributed by atoms with Gasteiger partial charge in [0.05, 0.1) is 0 Å². The Hall–Kier alpha value is -2.76. The van der Waals surface area contributed by atoms with Gasteiger partial charge < -0.3 is 10.2 Å². The number of hydrogen-bond donors (Lipinski definition) is 2. The molecule has 18 heavy (non-hydrogen) atoms. The van der Waals surface area contributed by atoms with Gasteiger partial charge in [-0.2, -0.15) is 0 Å². The van der Waals surface area contributed by atoms with Gasteiger partial charge in [-0.25, -0.2) is 9.59 Å². The molecular formula is C12H12N2O4. The van der Waals surface area contributed by atoms with Gasteiger partial charge >= 0.3 is 11.9 Å². The largest absolute Gasteiger partial charge is 0.473 e. The Bertz CT molecular complexity index is 337. The monoisotopic (exact) mass is 248 g/mol. The lowest BCUT2D eigenvalue weighted by molar-refractivity contribution is -0.159. The van der Waals surface area contributed by atoms with Gasteiger partial charge in [-0.15, -0.1) is 0 Å². The zero-order valence-corrected chi connectivity index (χ0v) is 9.38. The standard InChI is InChI=1S/2C5H5N.C2H2O4/c2*1-2-4-6-5-3-1;3-1(4)2(5)6/h2*1-5H;(H,3,4)(H,5,6). The Morgan fingerprint density at radius 3 is 0.944 bits per heavy atom. The summed E-state index contributed by atoms with van der Waals surface area (Å²) in [4.78, 5) is 25.8. The third-order valence-corrected chi connectivity index (χ3v) is 1.32. The van der Waals surface area contributed by atoms with Crippen molar-refractivity contribution in [2.24, 2.45) is 0 Å². The van der Waals surface area contributed by atoms with Crippen LogP contribution in [0.25, 0.3) is 0 Å². The van der Waals surface area contributed by atoms with Crippen molar-refractivity contribution in [2.45, 2.75) is 0 Å². The fourth-order valence-corrected chi connectivity index (χ4v) is 0.625. The van der Waals surface area contributed by atoms with Crippen molar-refractivity contribution < 1.29 is 19.8 Å². The van der Waals surface area contributed by atoms with Gasteiger partial charge in [0.25, 0.3) is 0 Å². The summed E-state index contributed by atoms with van der Waals surface area (Å²) in [6.07, 6.45) is 7.00. The lowest BCUT2D eigenvalue weighted by Crippen LogP contribution is -2.09. The summed E-state index contributed by atoms with van der Waals surface area (Å²) in [6, 6.07) is 11.4.